The first-order valence-corrected chi connectivity index (χ1v) is 8.81. The highest BCUT2D eigenvalue weighted by atomic mass is 16.2. The third-order valence-corrected chi connectivity index (χ3v) is 5.34. The van der Waals surface area contributed by atoms with Crippen molar-refractivity contribution in [2.75, 3.05) is 0 Å². The largest absolute Gasteiger partial charge is 0.378 e. The molecule has 26 heavy (non-hydrogen) atoms. The van der Waals surface area contributed by atoms with Crippen molar-refractivity contribution in [3.8, 4) is 0 Å². The van der Waals surface area contributed by atoms with E-state index in [4.69, 9.17) is 0 Å². The molecule has 4 atom stereocenters. The Kier molecular flexibility index (Phi) is 3.45. The number of nitrogens with zero attached hydrogens (tertiary/aromatic N) is 2. The van der Waals surface area contributed by atoms with E-state index in [0.29, 0.717) is 0 Å². The van der Waals surface area contributed by atoms with Gasteiger partial charge in [0.25, 0.3) is 0 Å². The summed E-state index contributed by atoms with van der Waals surface area (Å²) in [7, 11) is 0. The molecule has 3 aliphatic rings. The van der Waals surface area contributed by atoms with E-state index >= 15 is 0 Å². The molecule has 0 bridgehead atoms. The molecular weight excluding hydrogens is 324 g/mol. The number of pyridine rings is 1. The molecular formula is C21H18N4O. The second-order valence-corrected chi connectivity index (χ2v) is 6.79. The fourth-order valence-electron chi connectivity index (χ4n) is 4.20. The van der Waals surface area contributed by atoms with Gasteiger partial charge < -0.3 is 5.32 Å². The van der Waals surface area contributed by atoms with Gasteiger partial charge in [0, 0.05) is 11.9 Å². The number of hydrogen-bond acceptors (Lipinski definition) is 4. The molecule has 0 spiro atoms. The van der Waals surface area contributed by atoms with Crippen LogP contribution in [0.2, 0.25) is 0 Å². The zero-order valence-corrected chi connectivity index (χ0v) is 14.0. The van der Waals surface area contributed by atoms with Gasteiger partial charge in [-0.3, -0.25) is 9.78 Å². The topological polar surface area (TPSA) is 66.4 Å². The first-order valence-electron chi connectivity index (χ1n) is 8.81. The lowest BCUT2D eigenvalue weighted by atomic mass is 9.69. The molecule has 3 heterocycles. The number of rotatable bonds is 2. The highest BCUT2D eigenvalue weighted by Gasteiger charge is 2.48. The van der Waals surface area contributed by atoms with Gasteiger partial charge >= 0.3 is 0 Å². The minimum atomic E-state index is -0.217. The number of nitrogens with one attached hydrogen (secondary N) is 2. The van der Waals surface area contributed by atoms with Gasteiger partial charge in [-0.25, -0.2) is 5.43 Å². The summed E-state index contributed by atoms with van der Waals surface area (Å²) in [4.78, 5) is 16.9. The van der Waals surface area contributed by atoms with Crippen LogP contribution < -0.4 is 10.7 Å². The summed E-state index contributed by atoms with van der Waals surface area (Å²) >= 11 is 0. The van der Waals surface area contributed by atoms with Crippen molar-refractivity contribution in [2.24, 2.45) is 16.9 Å². The number of hydrogen-bond donors (Lipinski definition) is 2. The average molecular weight is 342 g/mol. The SMILES string of the molecule is O=C1NN=C2C3C(=CC=CC13)NC(c1ccccn1)C2c1ccccc1. The van der Waals surface area contributed by atoms with Crippen molar-refractivity contribution in [2.45, 2.75) is 12.0 Å². The molecule has 0 radical (unpaired) electrons. The van der Waals surface area contributed by atoms with E-state index in [9.17, 15) is 4.79 Å². The smallest absolute Gasteiger partial charge is 0.248 e. The number of carbonyl (C=O) groups excluding carboxylic acids is 1. The Morgan fingerprint density at radius 3 is 2.62 bits per heavy atom. The molecule has 2 aliphatic heterocycles. The van der Waals surface area contributed by atoms with Crippen molar-refractivity contribution < 1.29 is 4.79 Å². The van der Waals surface area contributed by atoms with Crippen LogP contribution in [-0.4, -0.2) is 16.6 Å². The fourth-order valence-corrected chi connectivity index (χ4v) is 4.20. The van der Waals surface area contributed by atoms with Crippen LogP contribution in [0, 0.1) is 11.8 Å². The molecule has 1 amide bonds. The minimum Gasteiger partial charge on any atom is -0.378 e. The van der Waals surface area contributed by atoms with E-state index in [0.717, 1.165) is 22.7 Å². The van der Waals surface area contributed by atoms with E-state index in [-0.39, 0.29) is 29.7 Å². The van der Waals surface area contributed by atoms with Crippen LogP contribution in [0.4, 0.5) is 0 Å². The molecule has 2 aromatic rings. The van der Waals surface area contributed by atoms with Crippen LogP contribution >= 0.6 is 0 Å². The maximum Gasteiger partial charge on any atom is 0.248 e. The first-order chi connectivity index (χ1) is 12.8. The molecule has 0 saturated carbocycles. The van der Waals surface area contributed by atoms with E-state index in [1.54, 1.807) is 0 Å². The third kappa shape index (κ3) is 2.28. The molecule has 4 unspecified atom stereocenters. The molecule has 1 aromatic heterocycles. The summed E-state index contributed by atoms with van der Waals surface area (Å²) in [6.45, 7) is 0. The summed E-state index contributed by atoms with van der Waals surface area (Å²) in [6.07, 6.45) is 7.77. The van der Waals surface area contributed by atoms with Gasteiger partial charge in [-0.2, -0.15) is 5.10 Å². The maximum atomic E-state index is 12.3. The summed E-state index contributed by atoms with van der Waals surface area (Å²) in [6, 6.07) is 16.2. The molecule has 1 fully saturated rings. The minimum absolute atomic E-state index is 0.00264. The summed E-state index contributed by atoms with van der Waals surface area (Å²) in [5.74, 6) is -0.307. The quantitative estimate of drug-likeness (QED) is 0.882. The number of amides is 1. The molecule has 5 nitrogen and oxygen atoms in total. The van der Waals surface area contributed by atoms with Gasteiger partial charge in [-0.15, -0.1) is 0 Å². The van der Waals surface area contributed by atoms with Crippen molar-refractivity contribution in [3.05, 3.63) is 89.9 Å². The molecule has 128 valence electrons. The lowest BCUT2D eigenvalue weighted by Crippen LogP contribution is -2.53. The Morgan fingerprint density at radius 1 is 0.962 bits per heavy atom. The standard InChI is InChI=1S/C21H18N4O/c26-21-14-9-6-11-15-18(14)20(24-25-21)17(13-7-2-1-3-8-13)19(23-15)16-10-4-5-12-22-16/h1-12,14,17-19,23H,(H,25,26). The first kappa shape index (κ1) is 15.1. The zero-order valence-electron chi connectivity index (χ0n) is 14.0. The van der Waals surface area contributed by atoms with Crippen LogP contribution in [-0.2, 0) is 4.79 Å². The Hall–Kier alpha value is -3.21. The molecule has 1 saturated heterocycles. The Morgan fingerprint density at radius 2 is 1.81 bits per heavy atom. The van der Waals surface area contributed by atoms with E-state index in [1.807, 2.05) is 60.8 Å². The number of benzene rings is 1. The summed E-state index contributed by atoms with van der Waals surface area (Å²) < 4.78 is 0. The monoisotopic (exact) mass is 342 g/mol. The molecule has 1 aromatic carbocycles. The van der Waals surface area contributed by atoms with Crippen LogP contribution in [0.1, 0.15) is 23.2 Å². The summed E-state index contributed by atoms with van der Waals surface area (Å²) in [5, 5.41) is 8.18. The normalized spacial score (nSPS) is 29.0. The van der Waals surface area contributed by atoms with Gasteiger partial charge in [-0.1, -0.05) is 48.6 Å². The van der Waals surface area contributed by atoms with Crippen molar-refractivity contribution in [1.82, 2.24) is 15.7 Å². The predicted molar refractivity (Wildman–Crippen MR) is 99.1 cm³/mol. The van der Waals surface area contributed by atoms with Crippen LogP contribution in [0.5, 0.6) is 0 Å². The Bertz CT molecular complexity index is 933. The molecule has 5 heteroatoms. The number of carbonyl (C=O) groups is 1. The van der Waals surface area contributed by atoms with E-state index in [2.05, 4.69) is 33.0 Å². The van der Waals surface area contributed by atoms with Crippen molar-refractivity contribution >= 4 is 11.6 Å². The van der Waals surface area contributed by atoms with Crippen LogP contribution in [0.15, 0.2) is 83.8 Å². The molecule has 2 N–H and O–H groups in total. The molecule has 5 rings (SSSR count). The van der Waals surface area contributed by atoms with Crippen molar-refractivity contribution in [1.29, 1.82) is 0 Å². The maximum absolute atomic E-state index is 12.3. The van der Waals surface area contributed by atoms with E-state index in [1.165, 1.54) is 0 Å². The fraction of sp³-hybridized carbons (Fsp3) is 0.190. The lowest BCUT2D eigenvalue weighted by molar-refractivity contribution is -0.124. The van der Waals surface area contributed by atoms with Gasteiger partial charge in [0.15, 0.2) is 0 Å². The summed E-state index contributed by atoms with van der Waals surface area (Å²) in [5.41, 5.74) is 6.89. The number of allylic oxidation sites excluding steroid dienone is 3. The highest BCUT2D eigenvalue weighted by Crippen LogP contribution is 2.45. The number of piperidine rings is 1. The Balaban J connectivity index is 1.69. The van der Waals surface area contributed by atoms with E-state index < -0.39 is 0 Å². The Labute approximate surface area is 151 Å². The molecule has 1 aliphatic carbocycles. The van der Waals surface area contributed by atoms with Crippen LogP contribution in [0.3, 0.4) is 0 Å². The highest BCUT2D eigenvalue weighted by molar-refractivity contribution is 6.03. The van der Waals surface area contributed by atoms with Gasteiger partial charge in [0.2, 0.25) is 5.91 Å². The van der Waals surface area contributed by atoms with Crippen molar-refractivity contribution in [3.63, 3.8) is 0 Å². The third-order valence-electron chi connectivity index (χ3n) is 5.34. The number of hydrazone groups is 1. The van der Waals surface area contributed by atoms with Gasteiger partial charge in [0.1, 0.15) is 0 Å². The predicted octanol–water partition coefficient (Wildman–Crippen LogP) is 2.68. The lowest BCUT2D eigenvalue weighted by Gasteiger charge is -2.45. The zero-order chi connectivity index (χ0) is 17.5. The average Bonchev–Trinajstić information content (AvgIpc) is 2.71. The van der Waals surface area contributed by atoms with Gasteiger partial charge in [0.05, 0.1) is 35.2 Å². The number of aromatic nitrogens is 1. The van der Waals surface area contributed by atoms with Crippen LogP contribution in [0.25, 0.3) is 0 Å². The second-order valence-electron chi connectivity index (χ2n) is 6.79. The van der Waals surface area contributed by atoms with Gasteiger partial charge in [-0.05, 0) is 23.8 Å². The second kappa shape index (κ2) is 5.95.